The Balaban J connectivity index is 1.46. The highest BCUT2D eigenvalue weighted by atomic mass is 19.4. The summed E-state index contributed by atoms with van der Waals surface area (Å²) in [6, 6.07) is 6.52. The third-order valence-corrected chi connectivity index (χ3v) is 6.06. The van der Waals surface area contributed by atoms with Crippen LogP contribution in [0.3, 0.4) is 0 Å². The quantitative estimate of drug-likeness (QED) is 0.668. The summed E-state index contributed by atoms with van der Waals surface area (Å²) in [4.78, 5) is 2.40. The Morgan fingerprint density at radius 3 is 2.39 bits per heavy atom. The summed E-state index contributed by atoms with van der Waals surface area (Å²) in [7, 11) is 0. The van der Waals surface area contributed by atoms with Crippen LogP contribution in [0, 0.1) is 17.2 Å². The van der Waals surface area contributed by atoms with Crippen LogP contribution >= 0.6 is 0 Å². The van der Waals surface area contributed by atoms with Crippen molar-refractivity contribution in [2.24, 2.45) is 5.92 Å². The monoisotopic (exact) mass is 394 g/mol. The highest BCUT2D eigenvalue weighted by Gasteiger charge is 2.41. The number of rotatable bonds is 7. The molecule has 1 aromatic rings. The van der Waals surface area contributed by atoms with Gasteiger partial charge in [-0.3, -0.25) is 4.90 Å². The van der Waals surface area contributed by atoms with E-state index >= 15 is 0 Å². The molecule has 3 aliphatic rings. The fourth-order valence-electron chi connectivity index (χ4n) is 4.43. The lowest BCUT2D eigenvalue weighted by molar-refractivity contribution is -0.137. The molecule has 1 saturated carbocycles. The molecular weight excluding hydrogens is 369 g/mol. The van der Waals surface area contributed by atoms with E-state index in [2.05, 4.69) is 11.0 Å². The van der Waals surface area contributed by atoms with Gasteiger partial charge in [-0.2, -0.15) is 18.4 Å². The number of hydrogen-bond donors (Lipinski definition) is 0. The van der Waals surface area contributed by atoms with Crippen molar-refractivity contribution in [3.8, 4) is 17.6 Å². The highest BCUT2D eigenvalue weighted by molar-refractivity contribution is 5.44. The average Bonchev–Trinajstić information content (AvgIpc) is 3.44. The molecule has 0 amide bonds. The third-order valence-electron chi connectivity index (χ3n) is 6.06. The summed E-state index contributed by atoms with van der Waals surface area (Å²) >= 11 is 0. The molecule has 2 aliphatic heterocycles. The van der Waals surface area contributed by atoms with Crippen LogP contribution in [0.25, 0.3) is 0 Å². The molecule has 7 heteroatoms. The number of alkyl halides is 3. The van der Waals surface area contributed by atoms with Crippen molar-refractivity contribution in [2.45, 2.75) is 69.3 Å². The summed E-state index contributed by atoms with van der Waals surface area (Å²) in [6.07, 6.45) is 2.09. The van der Waals surface area contributed by atoms with Gasteiger partial charge in [0.15, 0.2) is 11.5 Å². The molecule has 1 aromatic carbocycles. The number of fused-ring (bicyclic) bond motifs is 2. The molecule has 152 valence electrons. The molecule has 2 bridgehead atoms. The standard InChI is InChI=1S/C21H25F3N2O2/c22-21(23,24)15-4-7-19(20(10-15)27-13-14-2-3-14)28-18-11-16-5-6-17(12-18)26(16)9-1-8-25/h4,7,10,14,16-18H,1-3,5-6,9,11-13H2/t16-,17+,18?. The Bertz CT molecular complexity index is 728. The van der Waals surface area contributed by atoms with Crippen LogP contribution in [0.15, 0.2) is 18.2 Å². The topological polar surface area (TPSA) is 45.5 Å². The molecule has 3 fully saturated rings. The zero-order chi connectivity index (χ0) is 19.7. The van der Waals surface area contributed by atoms with Crippen LogP contribution in [-0.2, 0) is 6.18 Å². The maximum atomic E-state index is 13.1. The van der Waals surface area contributed by atoms with Crippen LogP contribution in [-0.4, -0.2) is 36.2 Å². The van der Waals surface area contributed by atoms with Crippen molar-refractivity contribution >= 4 is 0 Å². The van der Waals surface area contributed by atoms with E-state index in [1.165, 1.54) is 6.07 Å². The van der Waals surface area contributed by atoms with Gasteiger partial charge >= 0.3 is 6.18 Å². The van der Waals surface area contributed by atoms with Crippen LogP contribution in [0.4, 0.5) is 13.2 Å². The van der Waals surface area contributed by atoms with Crippen molar-refractivity contribution in [1.29, 1.82) is 5.26 Å². The molecule has 4 nitrogen and oxygen atoms in total. The van der Waals surface area contributed by atoms with Crippen LogP contribution < -0.4 is 9.47 Å². The van der Waals surface area contributed by atoms with Gasteiger partial charge in [0.25, 0.3) is 0 Å². The largest absolute Gasteiger partial charge is 0.489 e. The number of nitrogens with zero attached hydrogens (tertiary/aromatic N) is 2. The fraction of sp³-hybridized carbons (Fsp3) is 0.667. The molecule has 0 aromatic heterocycles. The van der Waals surface area contributed by atoms with E-state index in [0.29, 0.717) is 36.8 Å². The Hall–Kier alpha value is -1.94. The predicted molar refractivity (Wildman–Crippen MR) is 97.1 cm³/mol. The second kappa shape index (κ2) is 7.82. The van der Waals surface area contributed by atoms with Gasteiger partial charge in [-0.25, -0.2) is 0 Å². The minimum Gasteiger partial charge on any atom is -0.489 e. The molecular formula is C21H25F3N2O2. The van der Waals surface area contributed by atoms with E-state index in [4.69, 9.17) is 14.7 Å². The number of nitriles is 1. The summed E-state index contributed by atoms with van der Waals surface area (Å²) < 4.78 is 51.2. The SMILES string of the molecule is N#CCCN1[C@@H]2CC[C@H]1CC(Oc1ccc(C(F)(F)F)cc1OCC1CC1)C2. The number of benzene rings is 1. The predicted octanol–water partition coefficient (Wildman–Crippen LogP) is 4.78. The van der Waals surface area contributed by atoms with Gasteiger partial charge in [-0.1, -0.05) is 0 Å². The summed E-state index contributed by atoms with van der Waals surface area (Å²) in [5.74, 6) is 1.05. The van der Waals surface area contributed by atoms with E-state index in [0.717, 1.165) is 57.2 Å². The first-order valence-electron chi connectivity index (χ1n) is 10.1. The maximum Gasteiger partial charge on any atom is 0.416 e. The average molecular weight is 394 g/mol. The van der Waals surface area contributed by atoms with Crippen LogP contribution in [0.1, 0.15) is 50.5 Å². The Morgan fingerprint density at radius 2 is 1.79 bits per heavy atom. The minimum atomic E-state index is -4.40. The normalized spacial score (nSPS) is 27.4. The molecule has 0 N–H and O–H groups in total. The van der Waals surface area contributed by atoms with Gasteiger partial charge < -0.3 is 9.47 Å². The van der Waals surface area contributed by atoms with Gasteiger partial charge in [-0.15, -0.1) is 0 Å². The molecule has 1 unspecified atom stereocenters. The molecule has 0 radical (unpaired) electrons. The Kier molecular flexibility index (Phi) is 5.42. The summed E-state index contributed by atoms with van der Waals surface area (Å²) in [5.41, 5.74) is -0.711. The summed E-state index contributed by atoms with van der Waals surface area (Å²) in [5, 5.41) is 8.85. The first kappa shape index (κ1) is 19.4. The molecule has 2 saturated heterocycles. The second-order valence-electron chi connectivity index (χ2n) is 8.16. The highest BCUT2D eigenvalue weighted by Crippen LogP contribution is 2.41. The molecule has 0 spiro atoms. The Morgan fingerprint density at radius 1 is 1.07 bits per heavy atom. The van der Waals surface area contributed by atoms with E-state index in [9.17, 15) is 13.2 Å². The molecule has 1 aliphatic carbocycles. The minimum absolute atomic E-state index is 0.0316. The maximum absolute atomic E-state index is 13.1. The van der Waals surface area contributed by atoms with Gasteiger partial charge in [-0.05, 0) is 62.6 Å². The van der Waals surface area contributed by atoms with Crippen molar-refractivity contribution in [2.75, 3.05) is 13.2 Å². The van der Waals surface area contributed by atoms with E-state index in [1.54, 1.807) is 0 Å². The summed E-state index contributed by atoms with van der Waals surface area (Å²) in [6.45, 7) is 1.23. The Labute approximate surface area is 163 Å². The van der Waals surface area contributed by atoms with Gasteiger partial charge in [0, 0.05) is 25.0 Å². The number of piperidine rings is 1. The smallest absolute Gasteiger partial charge is 0.416 e. The van der Waals surface area contributed by atoms with E-state index < -0.39 is 11.7 Å². The molecule has 3 atom stereocenters. The van der Waals surface area contributed by atoms with Crippen LogP contribution in [0.5, 0.6) is 11.5 Å². The van der Waals surface area contributed by atoms with E-state index in [1.807, 2.05) is 0 Å². The number of halogens is 3. The zero-order valence-electron chi connectivity index (χ0n) is 15.8. The molecule has 2 heterocycles. The lowest BCUT2D eigenvalue weighted by Crippen LogP contribution is -2.46. The molecule has 28 heavy (non-hydrogen) atoms. The third kappa shape index (κ3) is 4.38. The van der Waals surface area contributed by atoms with Crippen molar-refractivity contribution in [3.63, 3.8) is 0 Å². The van der Waals surface area contributed by atoms with Crippen molar-refractivity contribution in [1.82, 2.24) is 4.90 Å². The van der Waals surface area contributed by atoms with E-state index in [-0.39, 0.29) is 11.9 Å². The number of ether oxygens (including phenoxy) is 2. The zero-order valence-corrected chi connectivity index (χ0v) is 15.8. The first-order chi connectivity index (χ1) is 13.4. The van der Waals surface area contributed by atoms with Crippen molar-refractivity contribution in [3.05, 3.63) is 23.8 Å². The fourth-order valence-corrected chi connectivity index (χ4v) is 4.43. The number of hydrogen-bond acceptors (Lipinski definition) is 4. The lowest BCUT2D eigenvalue weighted by Gasteiger charge is -2.38. The van der Waals surface area contributed by atoms with Gasteiger partial charge in [0.1, 0.15) is 6.10 Å². The van der Waals surface area contributed by atoms with Crippen LogP contribution in [0.2, 0.25) is 0 Å². The second-order valence-corrected chi connectivity index (χ2v) is 8.16. The lowest BCUT2D eigenvalue weighted by atomic mass is 9.99. The van der Waals surface area contributed by atoms with Gasteiger partial charge in [0.2, 0.25) is 0 Å². The molecule has 4 rings (SSSR count). The van der Waals surface area contributed by atoms with Crippen molar-refractivity contribution < 1.29 is 22.6 Å². The van der Waals surface area contributed by atoms with Gasteiger partial charge in [0.05, 0.1) is 18.2 Å². The first-order valence-corrected chi connectivity index (χ1v) is 10.1.